The zero-order chi connectivity index (χ0) is 30.2. The van der Waals surface area contributed by atoms with E-state index in [9.17, 15) is 14.7 Å². The summed E-state index contributed by atoms with van der Waals surface area (Å²) in [6, 6.07) is 23.1. The van der Waals surface area contributed by atoms with Gasteiger partial charge < -0.3 is 14.6 Å². The van der Waals surface area contributed by atoms with Gasteiger partial charge in [-0.2, -0.15) is 0 Å². The number of ketones is 1. The number of hydrogen-bond acceptors (Lipinski definition) is 9. The molecule has 1 N–H and O–H groups in total. The van der Waals surface area contributed by atoms with E-state index in [1.165, 1.54) is 28.0 Å². The van der Waals surface area contributed by atoms with Gasteiger partial charge in [-0.25, -0.2) is 0 Å². The Hall–Kier alpha value is -4.15. The van der Waals surface area contributed by atoms with Crippen LogP contribution in [0.4, 0.5) is 5.13 Å². The second kappa shape index (κ2) is 14.3. The van der Waals surface area contributed by atoms with Crippen LogP contribution >= 0.6 is 23.1 Å². The molecule has 1 aliphatic heterocycles. The van der Waals surface area contributed by atoms with Crippen LogP contribution in [0.25, 0.3) is 5.76 Å². The van der Waals surface area contributed by atoms with Gasteiger partial charge in [-0.3, -0.25) is 14.5 Å². The SMILES string of the molecule is CCCCCOc1ccc(C2/C(=C(\O)c3ccccc3)C(=O)C(=O)N2c2nnc(SCc3ccccc3)s2)cc1OCC. The maximum absolute atomic E-state index is 13.6. The predicted molar refractivity (Wildman–Crippen MR) is 170 cm³/mol. The summed E-state index contributed by atoms with van der Waals surface area (Å²) >= 11 is 2.73. The number of rotatable bonds is 13. The molecule has 3 aromatic carbocycles. The van der Waals surface area contributed by atoms with E-state index in [2.05, 4.69) is 17.1 Å². The smallest absolute Gasteiger partial charge is 0.301 e. The maximum Gasteiger partial charge on any atom is 0.301 e. The number of benzene rings is 3. The van der Waals surface area contributed by atoms with E-state index in [1.54, 1.807) is 42.5 Å². The minimum absolute atomic E-state index is 0.0241. The monoisotopic (exact) mass is 615 g/mol. The van der Waals surface area contributed by atoms with E-state index in [4.69, 9.17) is 9.47 Å². The van der Waals surface area contributed by atoms with Crippen molar-refractivity contribution < 1.29 is 24.2 Å². The van der Waals surface area contributed by atoms with Crippen LogP contribution in [-0.4, -0.2) is 40.2 Å². The highest BCUT2D eigenvalue weighted by atomic mass is 32.2. The highest BCUT2D eigenvalue weighted by molar-refractivity contribution is 8.00. The number of carbonyl (C=O) groups is 2. The Morgan fingerprint density at radius 1 is 0.930 bits per heavy atom. The number of unbranched alkanes of at least 4 members (excludes halogenated alkanes) is 2. The lowest BCUT2D eigenvalue weighted by Gasteiger charge is -2.23. The summed E-state index contributed by atoms with van der Waals surface area (Å²) in [6.07, 6.45) is 3.06. The Balaban J connectivity index is 1.54. The fraction of sp³-hybridized carbons (Fsp3) is 0.273. The molecule has 4 aromatic rings. The molecule has 1 amide bonds. The van der Waals surface area contributed by atoms with Crippen molar-refractivity contribution >= 4 is 45.7 Å². The molecule has 0 bridgehead atoms. The topological polar surface area (TPSA) is 102 Å². The van der Waals surface area contributed by atoms with Gasteiger partial charge in [0.2, 0.25) is 5.13 Å². The summed E-state index contributed by atoms with van der Waals surface area (Å²) < 4.78 is 12.6. The molecule has 1 aliphatic rings. The maximum atomic E-state index is 13.6. The minimum Gasteiger partial charge on any atom is -0.507 e. The molecule has 1 unspecified atom stereocenters. The summed E-state index contributed by atoms with van der Waals surface area (Å²) in [6.45, 7) is 4.96. The molecular formula is C33H33N3O5S2. The van der Waals surface area contributed by atoms with Crippen molar-refractivity contribution in [3.05, 3.63) is 101 Å². The highest BCUT2D eigenvalue weighted by Crippen LogP contribution is 2.45. The molecule has 0 radical (unpaired) electrons. The van der Waals surface area contributed by atoms with Crippen LogP contribution < -0.4 is 14.4 Å². The summed E-state index contributed by atoms with van der Waals surface area (Å²) in [4.78, 5) is 28.5. The van der Waals surface area contributed by atoms with E-state index in [1.807, 2.05) is 43.3 Å². The number of thioether (sulfide) groups is 1. The molecule has 5 rings (SSSR count). The second-order valence-corrected chi connectivity index (χ2v) is 12.0. The van der Waals surface area contributed by atoms with E-state index < -0.39 is 17.7 Å². The average Bonchev–Trinajstić information content (AvgIpc) is 3.61. The van der Waals surface area contributed by atoms with Crippen LogP contribution in [0.3, 0.4) is 0 Å². The number of Topliss-reactive ketones (excluding diaryl/α,β-unsaturated/α-hetero) is 1. The van der Waals surface area contributed by atoms with E-state index in [0.29, 0.717) is 45.9 Å². The van der Waals surface area contributed by atoms with Crippen LogP contribution in [0.5, 0.6) is 11.5 Å². The van der Waals surface area contributed by atoms with Crippen LogP contribution in [0.1, 0.15) is 55.8 Å². The van der Waals surface area contributed by atoms with Gasteiger partial charge in [-0.1, -0.05) is 110 Å². The van der Waals surface area contributed by atoms with E-state index >= 15 is 0 Å². The van der Waals surface area contributed by atoms with Gasteiger partial charge in [0.15, 0.2) is 15.8 Å². The number of amides is 1. The number of aromatic nitrogens is 2. The molecule has 43 heavy (non-hydrogen) atoms. The Morgan fingerprint density at radius 2 is 1.67 bits per heavy atom. The molecule has 1 fully saturated rings. The van der Waals surface area contributed by atoms with Gasteiger partial charge in [0.1, 0.15) is 5.76 Å². The molecule has 0 saturated carbocycles. The van der Waals surface area contributed by atoms with Crippen molar-refractivity contribution in [3.63, 3.8) is 0 Å². The predicted octanol–water partition coefficient (Wildman–Crippen LogP) is 7.42. The molecule has 1 atom stereocenters. The van der Waals surface area contributed by atoms with Gasteiger partial charge in [-0.15, -0.1) is 10.2 Å². The largest absolute Gasteiger partial charge is 0.507 e. The van der Waals surface area contributed by atoms with Crippen LogP contribution in [0, 0.1) is 0 Å². The van der Waals surface area contributed by atoms with Crippen molar-refractivity contribution in [1.82, 2.24) is 10.2 Å². The molecule has 2 heterocycles. The molecule has 8 nitrogen and oxygen atoms in total. The van der Waals surface area contributed by atoms with E-state index in [-0.39, 0.29) is 16.5 Å². The molecule has 1 aromatic heterocycles. The lowest BCUT2D eigenvalue weighted by molar-refractivity contribution is -0.132. The first-order valence-electron chi connectivity index (χ1n) is 14.3. The standard InChI is InChI=1S/C33H33N3O5S2/c1-3-5-12-19-41-25-18-17-24(20-26(25)40-4-2)28-27(29(37)23-15-10-7-11-16-23)30(38)31(39)36(28)32-34-35-33(43-32)42-21-22-13-8-6-9-14-22/h6-11,13-18,20,28,37H,3-5,12,19,21H2,1-2H3/b29-27+. The number of nitrogens with zero attached hydrogens (tertiary/aromatic N) is 3. The number of carbonyl (C=O) groups excluding carboxylic acids is 2. The minimum atomic E-state index is -0.950. The fourth-order valence-electron chi connectivity index (χ4n) is 4.79. The summed E-state index contributed by atoms with van der Waals surface area (Å²) in [7, 11) is 0. The highest BCUT2D eigenvalue weighted by Gasteiger charge is 2.48. The first-order valence-corrected chi connectivity index (χ1v) is 16.1. The lowest BCUT2D eigenvalue weighted by atomic mass is 9.95. The number of hydrogen-bond donors (Lipinski definition) is 1. The van der Waals surface area contributed by atoms with Crippen molar-refractivity contribution in [2.75, 3.05) is 18.1 Å². The van der Waals surface area contributed by atoms with Gasteiger partial charge in [0.05, 0.1) is 24.8 Å². The molecule has 10 heteroatoms. The second-order valence-electron chi connectivity index (χ2n) is 9.85. The number of anilines is 1. The molecular weight excluding hydrogens is 583 g/mol. The van der Waals surface area contributed by atoms with Crippen LogP contribution in [-0.2, 0) is 15.3 Å². The van der Waals surface area contributed by atoms with Gasteiger partial charge in [-0.05, 0) is 36.6 Å². The Labute approximate surface area is 259 Å². The third kappa shape index (κ3) is 6.92. The molecule has 0 spiro atoms. The van der Waals surface area contributed by atoms with Crippen molar-refractivity contribution in [2.45, 2.75) is 49.2 Å². The lowest BCUT2D eigenvalue weighted by Crippen LogP contribution is -2.29. The zero-order valence-electron chi connectivity index (χ0n) is 24.1. The Bertz CT molecular complexity index is 1590. The van der Waals surface area contributed by atoms with Gasteiger partial charge >= 0.3 is 5.91 Å². The van der Waals surface area contributed by atoms with E-state index in [0.717, 1.165) is 24.8 Å². The molecule has 1 saturated heterocycles. The number of aliphatic hydroxyl groups is 1. The van der Waals surface area contributed by atoms with Crippen molar-refractivity contribution in [2.24, 2.45) is 0 Å². The molecule has 222 valence electrons. The van der Waals surface area contributed by atoms with Gasteiger partial charge in [0.25, 0.3) is 5.78 Å². The number of aliphatic hydroxyl groups excluding tert-OH is 1. The Morgan fingerprint density at radius 3 is 2.40 bits per heavy atom. The van der Waals surface area contributed by atoms with Crippen molar-refractivity contribution in [3.8, 4) is 11.5 Å². The normalized spacial score (nSPS) is 16.0. The van der Waals surface area contributed by atoms with Crippen LogP contribution in [0.15, 0.2) is 88.8 Å². The number of ether oxygens (including phenoxy) is 2. The quantitative estimate of drug-likeness (QED) is 0.0414. The van der Waals surface area contributed by atoms with Gasteiger partial charge in [0, 0.05) is 11.3 Å². The Kier molecular flexibility index (Phi) is 10.1. The first-order chi connectivity index (χ1) is 21.0. The van der Waals surface area contributed by atoms with Crippen molar-refractivity contribution in [1.29, 1.82) is 0 Å². The van der Waals surface area contributed by atoms with Crippen LogP contribution in [0.2, 0.25) is 0 Å². The molecule has 0 aliphatic carbocycles. The third-order valence-corrected chi connectivity index (χ3v) is 9.01. The third-order valence-electron chi connectivity index (χ3n) is 6.89. The zero-order valence-corrected chi connectivity index (χ0v) is 25.7. The summed E-state index contributed by atoms with van der Waals surface area (Å²) in [5, 5.41) is 20.3. The fourth-order valence-corrected chi connectivity index (χ4v) is 6.61. The summed E-state index contributed by atoms with van der Waals surface area (Å²) in [5.41, 5.74) is 2.12. The summed E-state index contributed by atoms with van der Waals surface area (Å²) in [5.74, 6) is -0.0692. The average molecular weight is 616 g/mol. The first kappa shape index (κ1) is 30.3.